The van der Waals surface area contributed by atoms with Crippen LogP contribution in [0.4, 0.5) is 4.39 Å². The van der Waals surface area contributed by atoms with Gasteiger partial charge in [0.15, 0.2) is 0 Å². The normalized spacial score (nSPS) is 10.7. The summed E-state index contributed by atoms with van der Waals surface area (Å²) in [4.78, 5) is 14.9. The van der Waals surface area contributed by atoms with E-state index in [4.69, 9.17) is 4.74 Å². The molecule has 0 aliphatic rings. The molecule has 4 heteroatoms. The first kappa shape index (κ1) is 12.4. The lowest BCUT2D eigenvalue weighted by molar-refractivity contribution is 0.415. The average Bonchev–Trinajstić information content (AvgIpc) is 2.47. The number of ether oxygens (including phenoxy) is 1. The van der Waals surface area contributed by atoms with Crippen molar-refractivity contribution in [2.45, 2.75) is 0 Å². The van der Waals surface area contributed by atoms with E-state index in [0.717, 1.165) is 10.9 Å². The van der Waals surface area contributed by atoms with E-state index in [1.807, 2.05) is 12.1 Å². The highest BCUT2D eigenvalue weighted by Gasteiger charge is 2.05. The highest BCUT2D eigenvalue weighted by Crippen LogP contribution is 2.22. The third-order valence-corrected chi connectivity index (χ3v) is 3.21. The first-order chi connectivity index (χ1) is 9.67. The molecule has 2 aromatic carbocycles. The number of aromatic nitrogens is 1. The lowest BCUT2D eigenvalue weighted by Gasteiger charge is -2.06. The molecule has 0 saturated carbocycles. The average molecular weight is 269 g/mol. The Morgan fingerprint density at radius 2 is 1.80 bits per heavy atom. The van der Waals surface area contributed by atoms with Gasteiger partial charge in [0, 0.05) is 5.69 Å². The van der Waals surface area contributed by atoms with Gasteiger partial charge in [-0.2, -0.15) is 0 Å². The van der Waals surface area contributed by atoms with Crippen LogP contribution in [0.25, 0.3) is 22.0 Å². The van der Waals surface area contributed by atoms with Crippen molar-refractivity contribution in [3.05, 3.63) is 64.7 Å². The standard InChI is InChI=1S/C16H12FNO2/c1-20-13-7-4-11-8-15(18-16(19)14(11)9-13)10-2-5-12(17)6-3-10/h2-9H,1H3,(H,18,19). The Hall–Kier alpha value is -2.62. The number of nitrogens with one attached hydrogen (secondary N) is 1. The first-order valence-corrected chi connectivity index (χ1v) is 6.14. The molecule has 0 bridgehead atoms. The second kappa shape index (κ2) is 4.81. The van der Waals surface area contributed by atoms with Crippen molar-refractivity contribution in [2.75, 3.05) is 7.11 Å². The number of benzene rings is 2. The van der Waals surface area contributed by atoms with Gasteiger partial charge in [0.1, 0.15) is 11.6 Å². The number of aromatic amines is 1. The van der Waals surface area contributed by atoms with Gasteiger partial charge in [0.25, 0.3) is 5.56 Å². The molecule has 100 valence electrons. The minimum absolute atomic E-state index is 0.194. The molecule has 0 unspecified atom stereocenters. The second-order valence-corrected chi connectivity index (χ2v) is 4.47. The lowest BCUT2D eigenvalue weighted by Crippen LogP contribution is -2.07. The maximum Gasteiger partial charge on any atom is 0.256 e. The van der Waals surface area contributed by atoms with Crippen molar-refractivity contribution >= 4 is 10.8 Å². The van der Waals surface area contributed by atoms with Crippen LogP contribution in [0.3, 0.4) is 0 Å². The summed E-state index contributed by atoms with van der Waals surface area (Å²) in [5, 5.41) is 1.38. The molecule has 1 aromatic heterocycles. The molecule has 1 heterocycles. The highest BCUT2D eigenvalue weighted by atomic mass is 19.1. The summed E-state index contributed by atoms with van der Waals surface area (Å²) in [7, 11) is 1.56. The van der Waals surface area contributed by atoms with E-state index in [-0.39, 0.29) is 11.4 Å². The van der Waals surface area contributed by atoms with E-state index in [2.05, 4.69) is 4.98 Å². The zero-order valence-corrected chi connectivity index (χ0v) is 10.8. The number of pyridine rings is 1. The molecule has 1 N–H and O–H groups in total. The van der Waals surface area contributed by atoms with Crippen molar-refractivity contribution in [3.63, 3.8) is 0 Å². The minimum atomic E-state index is -0.304. The van der Waals surface area contributed by atoms with Crippen LogP contribution in [0.15, 0.2) is 53.3 Å². The molecule has 0 aliphatic heterocycles. The second-order valence-electron chi connectivity index (χ2n) is 4.47. The monoisotopic (exact) mass is 269 g/mol. The van der Waals surface area contributed by atoms with E-state index in [1.54, 1.807) is 31.4 Å². The van der Waals surface area contributed by atoms with Crippen molar-refractivity contribution < 1.29 is 9.13 Å². The summed E-state index contributed by atoms with van der Waals surface area (Å²) < 4.78 is 18.0. The Kier molecular flexibility index (Phi) is 2.99. The molecule has 3 nitrogen and oxygen atoms in total. The summed E-state index contributed by atoms with van der Waals surface area (Å²) >= 11 is 0. The number of methoxy groups -OCH3 is 1. The molecule has 3 rings (SSSR count). The molecule has 3 aromatic rings. The van der Waals surface area contributed by atoms with Crippen molar-refractivity contribution in [1.82, 2.24) is 4.98 Å². The Bertz CT molecular complexity index is 822. The molecule has 0 aliphatic carbocycles. The van der Waals surface area contributed by atoms with Crippen LogP contribution in [0.1, 0.15) is 0 Å². The van der Waals surface area contributed by atoms with Gasteiger partial charge in [-0.15, -0.1) is 0 Å². The summed E-state index contributed by atoms with van der Waals surface area (Å²) in [5.74, 6) is 0.333. The van der Waals surface area contributed by atoms with Crippen molar-refractivity contribution in [1.29, 1.82) is 0 Å². The molecule has 0 fully saturated rings. The highest BCUT2D eigenvalue weighted by molar-refractivity contribution is 5.86. The van der Waals surface area contributed by atoms with E-state index in [0.29, 0.717) is 16.8 Å². The van der Waals surface area contributed by atoms with Crippen LogP contribution in [-0.4, -0.2) is 12.1 Å². The van der Waals surface area contributed by atoms with Crippen LogP contribution >= 0.6 is 0 Å². The van der Waals surface area contributed by atoms with Gasteiger partial charge in [0.05, 0.1) is 12.5 Å². The molecule has 0 amide bonds. The van der Waals surface area contributed by atoms with Crippen molar-refractivity contribution in [3.8, 4) is 17.0 Å². The van der Waals surface area contributed by atoms with Gasteiger partial charge in [-0.25, -0.2) is 4.39 Å². The zero-order valence-electron chi connectivity index (χ0n) is 10.8. The lowest BCUT2D eigenvalue weighted by atomic mass is 10.1. The fraction of sp³-hybridized carbons (Fsp3) is 0.0625. The van der Waals surface area contributed by atoms with Crippen molar-refractivity contribution in [2.24, 2.45) is 0 Å². The fourth-order valence-electron chi connectivity index (χ4n) is 2.15. The fourth-order valence-corrected chi connectivity index (χ4v) is 2.15. The number of halogens is 1. The van der Waals surface area contributed by atoms with Gasteiger partial charge >= 0.3 is 0 Å². The predicted molar refractivity (Wildman–Crippen MR) is 76.5 cm³/mol. The molecule has 0 radical (unpaired) electrons. The van der Waals surface area contributed by atoms with E-state index in [1.165, 1.54) is 12.1 Å². The van der Waals surface area contributed by atoms with Gasteiger partial charge in [-0.1, -0.05) is 6.07 Å². The number of fused-ring (bicyclic) bond motifs is 1. The topological polar surface area (TPSA) is 42.1 Å². The number of hydrogen-bond acceptors (Lipinski definition) is 2. The summed E-state index contributed by atoms with van der Waals surface area (Å²) in [6.45, 7) is 0. The van der Waals surface area contributed by atoms with Gasteiger partial charge < -0.3 is 9.72 Å². The Morgan fingerprint density at radius 1 is 1.05 bits per heavy atom. The zero-order chi connectivity index (χ0) is 14.1. The van der Waals surface area contributed by atoms with Crippen LogP contribution in [0.2, 0.25) is 0 Å². The van der Waals surface area contributed by atoms with E-state index >= 15 is 0 Å². The summed E-state index contributed by atoms with van der Waals surface area (Å²) in [6.07, 6.45) is 0. The Labute approximate surface area is 114 Å². The largest absolute Gasteiger partial charge is 0.497 e. The quantitative estimate of drug-likeness (QED) is 0.775. The molecule has 0 saturated heterocycles. The van der Waals surface area contributed by atoms with Crippen LogP contribution in [-0.2, 0) is 0 Å². The summed E-state index contributed by atoms with van der Waals surface area (Å²) in [5.41, 5.74) is 1.23. The SMILES string of the molecule is COc1ccc2cc(-c3ccc(F)cc3)[nH]c(=O)c2c1. The third kappa shape index (κ3) is 2.16. The van der Waals surface area contributed by atoms with Gasteiger partial charge in [-0.05, 0) is 53.4 Å². The smallest absolute Gasteiger partial charge is 0.256 e. The molecule has 20 heavy (non-hydrogen) atoms. The molecular formula is C16H12FNO2. The molecule has 0 spiro atoms. The molecule has 0 atom stereocenters. The third-order valence-electron chi connectivity index (χ3n) is 3.21. The van der Waals surface area contributed by atoms with E-state index in [9.17, 15) is 9.18 Å². The maximum atomic E-state index is 12.9. The first-order valence-electron chi connectivity index (χ1n) is 6.14. The van der Waals surface area contributed by atoms with Crippen LogP contribution in [0, 0.1) is 5.82 Å². The van der Waals surface area contributed by atoms with Crippen LogP contribution < -0.4 is 10.3 Å². The van der Waals surface area contributed by atoms with E-state index < -0.39 is 0 Å². The number of hydrogen-bond donors (Lipinski definition) is 1. The van der Waals surface area contributed by atoms with Crippen LogP contribution in [0.5, 0.6) is 5.75 Å². The Morgan fingerprint density at radius 3 is 2.50 bits per heavy atom. The number of rotatable bonds is 2. The molecular weight excluding hydrogens is 257 g/mol. The number of H-pyrrole nitrogens is 1. The van der Waals surface area contributed by atoms with Gasteiger partial charge in [0.2, 0.25) is 0 Å². The summed E-state index contributed by atoms with van der Waals surface area (Å²) in [6, 6.07) is 13.2. The maximum absolute atomic E-state index is 12.9. The van der Waals surface area contributed by atoms with Gasteiger partial charge in [-0.3, -0.25) is 4.79 Å². The predicted octanol–water partition coefficient (Wildman–Crippen LogP) is 3.34. The minimum Gasteiger partial charge on any atom is -0.497 e. The Balaban J connectivity index is 2.19.